The van der Waals surface area contributed by atoms with E-state index in [1.165, 1.54) is 9.47 Å². The van der Waals surface area contributed by atoms with Crippen LogP contribution in [0.4, 0.5) is 15.3 Å². The van der Waals surface area contributed by atoms with Gasteiger partial charge in [-0.3, -0.25) is 14.5 Å². The van der Waals surface area contributed by atoms with Crippen LogP contribution in [-0.4, -0.2) is 40.0 Å². The van der Waals surface area contributed by atoms with Gasteiger partial charge in [0.1, 0.15) is 17.0 Å². The number of anilines is 1. The summed E-state index contributed by atoms with van der Waals surface area (Å²) in [5.74, 6) is 0.730. The van der Waals surface area contributed by atoms with Gasteiger partial charge in [0, 0.05) is 34.6 Å². The Labute approximate surface area is 206 Å². The van der Waals surface area contributed by atoms with Crippen molar-refractivity contribution in [3.8, 4) is 5.75 Å². The fraction of sp³-hybridized carbons (Fsp3) is 0.444. The van der Waals surface area contributed by atoms with E-state index in [9.17, 15) is 9.59 Å². The number of aryl methyl sites for hydroxylation is 1. The van der Waals surface area contributed by atoms with Crippen molar-refractivity contribution in [2.75, 3.05) is 12.0 Å². The average molecular weight is 482 g/mol. The fourth-order valence-corrected chi connectivity index (χ4v) is 3.71. The third-order valence-electron chi connectivity index (χ3n) is 5.25. The third-order valence-corrected chi connectivity index (χ3v) is 5.25. The Morgan fingerprint density at radius 3 is 2.26 bits per heavy atom. The quantitative estimate of drug-likeness (QED) is 0.430. The summed E-state index contributed by atoms with van der Waals surface area (Å²) < 4.78 is 18.2. The second kappa shape index (κ2) is 9.60. The molecule has 0 atom stereocenters. The fourth-order valence-electron chi connectivity index (χ4n) is 3.71. The highest BCUT2D eigenvalue weighted by atomic mass is 16.6. The first-order valence-electron chi connectivity index (χ1n) is 11.5. The first-order valence-corrected chi connectivity index (χ1v) is 11.5. The summed E-state index contributed by atoms with van der Waals surface area (Å²) in [5.41, 5.74) is 2.30. The molecule has 8 heteroatoms. The summed E-state index contributed by atoms with van der Waals surface area (Å²) in [6.45, 7) is 14.9. The van der Waals surface area contributed by atoms with E-state index in [0.717, 1.165) is 22.3 Å². The number of benzene rings is 1. The van der Waals surface area contributed by atoms with Crippen LogP contribution in [0, 0.1) is 13.8 Å². The van der Waals surface area contributed by atoms with Crippen LogP contribution < -0.4 is 9.64 Å². The monoisotopic (exact) mass is 481 g/mol. The van der Waals surface area contributed by atoms with Gasteiger partial charge in [0.15, 0.2) is 0 Å². The number of aromatic nitrogens is 2. The highest BCUT2D eigenvalue weighted by Gasteiger charge is 2.26. The molecule has 0 aliphatic carbocycles. The molecule has 0 spiro atoms. The number of hydrogen-bond acceptors (Lipinski definition) is 6. The summed E-state index contributed by atoms with van der Waals surface area (Å²) in [6, 6.07) is 7.30. The molecule has 3 rings (SSSR count). The van der Waals surface area contributed by atoms with Crippen molar-refractivity contribution in [3.63, 3.8) is 0 Å². The minimum absolute atomic E-state index is 0.163. The van der Waals surface area contributed by atoms with Crippen molar-refractivity contribution in [1.82, 2.24) is 9.55 Å². The molecule has 0 bridgehead atoms. The molecule has 1 aromatic carbocycles. The molecule has 0 saturated heterocycles. The molecule has 8 nitrogen and oxygen atoms in total. The van der Waals surface area contributed by atoms with Gasteiger partial charge in [-0.2, -0.15) is 0 Å². The molecule has 0 radical (unpaired) electrons. The lowest BCUT2D eigenvalue weighted by atomic mass is 10.1. The molecule has 1 amide bonds. The smallest absolute Gasteiger partial charge is 0.418 e. The van der Waals surface area contributed by atoms with E-state index in [4.69, 9.17) is 14.2 Å². The average Bonchev–Trinajstić information content (AvgIpc) is 3.14. The van der Waals surface area contributed by atoms with E-state index in [0.29, 0.717) is 16.9 Å². The standard InChI is InChI=1S/C27H35N3O5/c1-17-15-28-21(18(2)23(17)33-9)16-30(25(32)35-27(6,7)8)20-11-10-19-12-13-29(22(19)14-20)24(31)34-26(3,4)5/h10-15H,16H2,1-9H3. The highest BCUT2D eigenvalue weighted by Crippen LogP contribution is 2.30. The van der Waals surface area contributed by atoms with Crippen LogP contribution in [0.25, 0.3) is 10.9 Å². The number of carbonyl (C=O) groups is 2. The lowest BCUT2D eigenvalue weighted by Crippen LogP contribution is -2.37. The number of fused-ring (bicyclic) bond motifs is 1. The van der Waals surface area contributed by atoms with Crippen LogP contribution >= 0.6 is 0 Å². The molecular formula is C27H35N3O5. The van der Waals surface area contributed by atoms with Crippen LogP contribution in [0.1, 0.15) is 58.4 Å². The van der Waals surface area contributed by atoms with E-state index >= 15 is 0 Å². The van der Waals surface area contributed by atoms with Crippen LogP contribution in [0.2, 0.25) is 0 Å². The summed E-state index contributed by atoms with van der Waals surface area (Å²) in [7, 11) is 1.61. The maximum atomic E-state index is 13.3. The van der Waals surface area contributed by atoms with Crippen molar-refractivity contribution in [2.24, 2.45) is 0 Å². The number of rotatable bonds is 4. The zero-order valence-electron chi connectivity index (χ0n) is 22.1. The van der Waals surface area contributed by atoms with Crippen molar-refractivity contribution in [1.29, 1.82) is 0 Å². The van der Waals surface area contributed by atoms with Gasteiger partial charge >= 0.3 is 12.2 Å². The predicted octanol–water partition coefficient (Wildman–Crippen LogP) is 6.39. The summed E-state index contributed by atoms with van der Waals surface area (Å²) in [5, 5.41) is 0.843. The molecule has 2 heterocycles. The number of pyridine rings is 1. The van der Waals surface area contributed by atoms with Crippen molar-refractivity contribution < 1.29 is 23.8 Å². The third kappa shape index (κ3) is 6.12. The normalized spacial score (nSPS) is 11.9. The molecule has 35 heavy (non-hydrogen) atoms. The maximum Gasteiger partial charge on any atom is 0.418 e. The van der Waals surface area contributed by atoms with Crippen LogP contribution in [0.5, 0.6) is 5.75 Å². The van der Waals surface area contributed by atoms with E-state index in [1.807, 2.05) is 73.6 Å². The zero-order valence-corrected chi connectivity index (χ0v) is 22.1. The highest BCUT2D eigenvalue weighted by molar-refractivity contribution is 5.95. The Hall–Kier alpha value is -3.55. The Morgan fingerprint density at radius 1 is 1.00 bits per heavy atom. The first-order chi connectivity index (χ1) is 16.2. The van der Waals surface area contributed by atoms with Gasteiger partial charge in [-0.25, -0.2) is 9.59 Å². The zero-order chi connectivity index (χ0) is 26.1. The van der Waals surface area contributed by atoms with Gasteiger partial charge < -0.3 is 14.2 Å². The molecule has 188 valence electrons. The molecule has 0 aliphatic heterocycles. The second-order valence-corrected chi connectivity index (χ2v) is 10.5. The Morgan fingerprint density at radius 2 is 1.66 bits per heavy atom. The first kappa shape index (κ1) is 26.1. The van der Waals surface area contributed by atoms with Gasteiger partial charge in [0.2, 0.25) is 0 Å². The van der Waals surface area contributed by atoms with E-state index < -0.39 is 23.4 Å². The molecule has 3 aromatic rings. The SMILES string of the molecule is COc1c(C)cnc(CN(C(=O)OC(C)(C)C)c2ccc3ccn(C(=O)OC(C)(C)C)c3c2)c1C. The number of carbonyl (C=O) groups excluding carboxylic acids is 2. The number of amides is 1. The van der Waals surface area contributed by atoms with Crippen molar-refractivity contribution in [2.45, 2.75) is 73.1 Å². The molecule has 0 N–H and O–H groups in total. The Kier molecular flexibility index (Phi) is 7.15. The number of hydrogen-bond donors (Lipinski definition) is 0. The van der Waals surface area contributed by atoms with Crippen LogP contribution in [-0.2, 0) is 16.0 Å². The molecule has 0 unspecified atom stereocenters. The van der Waals surface area contributed by atoms with Gasteiger partial charge in [-0.05, 0) is 73.6 Å². The van der Waals surface area contributed by atoms with E-state index in [2.05, 4.69) is 4.98 Å². The topological polar surface area (TPSA) is 82.9 Å². The summed E-state index contributed by atoms with van der Waals surface area (Å²) in [4.78, 5) is 32.2. The summed E-state index contributed by atoms with van der Waals surface area (Å²) in [6.07, 6.45) is 2.38. The lowest BCUT2D eigenvalue weighted by Gasteiger charge is -2.28. The van der Waals surface area contributed by atoms with Crippen LogP contribution in [0.15, 0.2) is 36.7 Å². The largest absolute Gasteiger partial charge is 0.496 e. The van der Waals surface area contributed by atoms with Gasteiger partial charge in [-0.1, -0.05) is 6.07 Å². The van der Waals surface area contributed by atoms with Gasteiger partial charge in [-0.15, -0.1) is 0 Å². The van der Waals surface area contributed by atoms with Crippen molar-refractivity contribution in [3.05, 3.63) is 53.5 Å². The second-order valence-electron chi connectivity index (χ2n) is 10.5. The number of ether oxygens (including phenoxy) is 3. The minimum Gasteiger partial charge on any atom is -0.496 e. The van der Waals surface area contributed by atoms with Gasteiger partial charge in [0.25, 0.3) is 0 Å². The van der Waals surface area contributed by atoms with Crippen LogP contribution in [0.3, 0.4) is 0 Å². The molecule has 2 aromatic heterocycles. The number of nitrogens with zero attached hydrogens (tertiary/aromatic N) is 3. The Bertz CT molecular complexity index is 1250. The molecular weight excluding hydrogens is 446 g/mol. The van der Waals surface area contributed by atoms with Crippen molar-refractivity contribution >= 4 is 28.8 Å². The predicted molar refractivity (Wildman–Crippen MR) is 136 cm³/mol. The van der Waals surface area contributed by atoms with Gasteiger partial charge in [0.05, 0.1) is 24.9 Å². The molecule has 0 aliphatic rings. The summed E-state index contributed by atoms with van der Waals surface area (Å²) >= 11 is 0. The molecule has 0 saturated carbocycles. The minimum atomic E-state index is -0.691. The maximum absolute atomic E-state index is 13.3. The van der Waals surface area contributed by atoms with E-state index in [1.54, 1.807) is 25.6 Å². The van der Waals surface area contributed by atoms with E-state index in [-0.39, 0.29) is 6.54 Å². The molecule has 0 fully saturated rings. The number of methoxy groups -OCH3 is 1. The lowest BCUT2D eigenvalue weighted by molar-refractivity contribution is 0.0542. The Balaban J connectivity index is 2.08.